The Morgan fingerprint density at radius 1 is 1.27 bits per heavy atom. The second-order valence-electron chi connectivity index (χ2n) is 3.91. The number of allylic oxidation sites excluding steroid dienone is 2. The molecule has 0 aromatic heterocycles. The topological polar surface area (TPSA) is 0 Å². The molecule has 0 unspecified atom stereocenters. The maximum Gasteiger partial charge on any atom is -0.0150 e. The minimum absolute atomic E-state index is 0.412. The highest BCUT2D eigenvalue weighted by Gasteiger charge is 2.15. The van der Waals surface area contributed by atoms with E-state index in [2.05, 4.69) is 40.7 Å². The fourth-order valence-electron chi connectivity index (χ4n) is 0.916. The molecule has 0 aliphatic heterocycles. The van der Waals surface area contributed by atoms with E-state index in [1.807, 2.05) is 0 Å². The van der Waals surface area contributed by atoms with Gasteiger partial charge in [0.25, 0.3) is 0 Å². The summed E-state index contributed by atoms with van der Waals surface area (Å²) in [5, 5.41) is 0. The summed E-state index contributed by atoms with van der Waals surface area (Å²) in [6.45, 7) is 11.4. The minimum atomic E-state index is 0.412. The van der Waals surface area contributed by atoms with Gasteiger partial charge in [0, 0.05) is 0 Å². The van der Waals surface area contributed by atoms with Crippen molar-refractivity contribution in [1.82, 2.24) is 0 Å². The molecule has 0 heteroatoms. The molecule has 0 rings (SSSR count). The van der Waals surface area contributed by atoms with Crippen molar-refractivity contribution >= 4 is 0 Å². The van der Waals surface area contributed by atoms with Crippen LogP contribution in [0.5, 0.6) is 0 Å². The van der Waals surface area contributed by atoms with Crippen LogP contribution in [0.25, 0.3) is 0 Å². The van der Waals surface area contributed by atoms with E-state index in [0.717, 1.165) is 0 Å². The summed E-state index contributed by atoms with van der Waals surface area (Å²) >= 11 is 0. The van der Waals surface area contributed by atoms with Crippen LogP contribution in [0, 0.1) is 5.41 Å². The molecule has 0 aliphatic carbocycles. The molecule has 0 atom stereocenters. The lowest BCUT2D eigenvalue weighted by molar-refractivity contribution is 0.427. The lowest BCUT2D eigenvalue weighted by Gasteiger charge is -2.23. The monoisotopic (exact) mass is 154 g/mol. The maximum atomic E-state index is 2.38. The van der Waals surface area contributed by atoms with Crippen LogP contribution in [0.4, 0.5) is 0 Å². The Balaban J connectivity index is 4.09. The number of hydrogen-bond acceptors (Lipinski definition) is 0. The van der Waals surface area contributed by atoms with E-state index in [4.69, 9.17) is 0 Å². The summed E-state index contributed by atoms with van der Waals surface area (Å²) in [6.07, 6.45) is 6.11. The van der Waals surface area contributed by atoms with Crippen LogP contribution in [0.1, 0.15) is 53.9 Å². The van der Waals surface area contributed by atoms with Gasteiger partial charge in [-0.3, -0.25) is 0 Å². The van der Waals surface area contributed by atoms with E-state index in [-0.39, 0.29) is 0 Å². The van der Waals surface area contributed by atoms with Gasteiger partial charge in [0.05, 0.1) is 0 Å². The van der Waals surface area contributed by atoms with Crippen LogP contribution < -0.4 is 0 Å². The van der Waals surface area contributed by atoms with Crippen molar-refractivity contribution in [3.05, 3.63) is 11.6 Å². The molecule has 0 N–H and O–H groups in total. The highest BCUT2D eigenvalue weighted by atomic mass is 14.2. The standard InChI is InChI=1S/C11H22/c1-6-8-9-10(3)11(4,5)7-2/h9H,6-8H2,1-5H3/b10-9+. The summed E-state index contributed by atoms with van der Waals surface area (Å²) in [7, 11) is 0. The van der Waals surface area contributed by atoms with E-state index in [1.165, 1.54) is 19.3 Å². The maximum absolute atomic E-state index is 2.38. The van der Waals surface area contributed by atoms with Crippen molar-refractivity contribution in [3.63, 3.8) is 0 Å². The third kappa shape index (κ3) is 3.60. The zero-order valence-electron chi connectivity index (χ0n) is 8.70. The van der Waals surface area contributed by atoms with Crippen LogP contribution >= 0.6 is 0 Å². The second kappa shape index (κ2) is 4.58. The summed E-state index contributed by atoms with van der Waals surface area (Å²) < 4.78 is 0. The van der Waals surface area contributed by atoms with Crippen molar-refractivity contribution in [2.24, 2.45) is 5.41 Å². The normalized spacial score (nSPS) is 13.7. The molecule has 0 heterocycles. The van der Waals surface area contributed by atoms with Crippen LogP contribution in [0.3, 0.4) is 0 Å². The lowest BCUT2D eigenvalue weighted by Crippen LogP contribution is -2.10. The fraction of sp³-hybridized carbons (Fsp3) is 0.818. The SMILES string of the molecule is CCC/C=C(\C)C(C)(C)CC. The minimum Gasteiger partial charge on any atom is -0.0851 e. The summed E-state index contributed by atoms with van der Waals surface area (Å²) in [6, 6.07) is 0. The quantitative estimate of drug-likeness (QED) is 0.533. The predicted octanol–water partition coefficient (Wildman–Crippen LogP) is 4.17. The Morgan fingerprint density at radius 3 is 2.18 bits per heavy atom. The Labute approximate surface area is 71.7 Å². The summed E-state index contributed by atoms with van der Waals surface area (Å²) in [5.74, 6) is 0. The van der Waals surface area contributed by atoms with Crippen molar-refractivity contribution in [2.45, 2.75) is 53.9 Å². The molecule has 66 valence electrons. The van der Waals surface area contributed by atoms with Gasteiger partial charge in [-0.15, -0.1) is 0 Å². The predicted molar refractivity (Wildman–Crippen MR) is 52.7 cm³/mol. The Bertz CT molecular complexity index is 129. The smallest absolute Gasteiger partial charge is 0.0150 e. The Morgan fingerprint density at radius 2 is 1.82 bits per heavy atom. The zero-order valence-corrected chi connectivity index (χ0v) is 8.70. The lowest BCUT2D eigenvalue weighted by atomic mass is 9.82. The number of hydrogen-bond donors (Lipinski definition) is 0. The molecule has 0 aromatic carbocycles. The number of unbranched alkanes of at least 4 members (excludes halogenated alkanes) is 1. The van der Waals surface area contributed by atoms with Gasteiger partial charge in [0.1, 0.15) is 0 Å². The molecule has 0 aromatic rings. The molecule has 11 heavy (non-hydrogen) atoms. The largest absolute Gasteiger partial charge is 0.0851 e. The summed E-state index contributed by atoms with van der Waals surface area (Å²) in [4.78, 5) is 0. The third-order valence-electron chi connectivity index (χ3n) is 2.69. The fourth-order valence-corrected chi connectivity index (χ4v) is 0.916. The van der Waals surface area contributed by atoms with E-state index in [1.54, 1.807) is 5.57 Å². The molecule has 0 fully saturated rings. The van der Waals surface area contributed by atoms with Crippen molar-refractivity contribution in [1.29, 1.82) is 0 Å². The van der Waals surface area contributed by atoms with Crippen LogP contribution in [0.15, 0.2) is 11.6 Å². The number of rotatable bonds is 4. The second-order valence-corrected chi connectivity index (χ2v) is 3.91. The van der Waals surface area contributed by atoms with Gasteiger partial charge in [0.2, 0.25) is 0 Å². The van der Waals surface area contributed by atoms with E-state index >= 15 is 0 Å². The van der Waals surface area contributed by atoms with Crippen LogP contribution in [0.2, 0.25) is 0 Å². The molecule has 0 spiro atoms. The highest BCUT2D eigenvalue weighted by Crippen LogP contribution is 2.29. The van der Waals surface area contributed by atoms with E-state index < -0.39 is 0 Å². The van der Waals surface area contributed by atoms with E-state index in [9.17, 15) is 0 Å². The molecule has 0 saturated heterocycles. The summed E-state index contributed by atoms with van der Waals surface area (Å²) in [5.41, 5.74) is 1.96. The molecule has 0 nitrogen and oxygen atoms in total. The molecule has 0 amide bonds. The first kappa shape index (κ1) is 10.7. The molecule has 0 radical (unpaired) electrons. The van der Waals surface area contributed by atoms with Gasteiger partial charge < -0.3 is 0 Å². The van der Waals surface area contributed by atoms with Gasteiger partial charge in [0.15, 0.2) is 0 Å². The van der Waals surface area contributed by atoms with Gasteiger partial charge >= 0.3 is 0 Å². The highest BCUT2D eigenvalue weighted by molar-refractivity contribution is 5.08. The van der Waals surface area contributed by atoms with Crippen LogP contribution in [-0.2, 0) is 0 Å². The first-order valence-electron chi connectivity index (χ1n) is 4.71. The molecular weight excluding hydrogens is 132 g/mol. The Hall–Kier alpha value is -0.260. The van der Waals surface area contributed by atoms with Crippen molar-refractivity contribution in [3.8, 4) is 0 Å². The zero-order chi connectivity index (χ0) is 8.91. The first-order chi connectivity index (χ1) is 5.04. The van der Waals surface area contributed by atoms with E-state index in [0.29, 0.717) is 5.41 Å². The molecular formula is C11H22. The van der Waals surface area contributed by atoms with Crippen molar-refractivity contribution in [2.75, 3.05) is 0 Å². The van der Waals surface area contributed by atoms with Gasteiger partial charge in [-0.1, -0.05) is 45.8 Å². The molecule has 0 bridgehead atoms. The van der Waals surface area contributed by atoms with Gasteiger partial charge in [-0.05, 0) is 25.2 Å². The first-order valence-corrected chi connectivity index (χ1v) is 4.71. The van der Waals surface area contributed by atoms with Crippen LogP contribution in [-0.4, -0.2) is 0 Å². The molecule has 0 saturated carbocycles. The molecule has 0 aliphatic rings. The van der Waals surface area contributed by atoms with Gasteiger partial charge in [-0.2, -0.15) is 0 Å². The average molecular weight is 154 g/mol. The third-order valence-corrected chi connectivity index (χ3v) is 2.69. The van der Waals surface area contributed by atoms with Gasteiger partial charge in [-0.25, -0.2) is 0 Å². The average Bonchev–Trinajstić information content (AvgIpc) is 2.00. The Kier molecular flexibility index (Phi) is 4.48. The van der Waals surface area contributed by atoms with Crippen molar-refractivity contribution < 1.29 is 0 Å².